The van der Waals surface area contributed by atoms with Gasteiger partial charge in [-0.2, -0.15) is 0 Å². The van der Waals surface area contributed by atoms with E-state index in [1.54, 1.807) is 0 Å². The molecule has 2 atom stereocenters. The van der Waals surface area contributed by atoms with Crippen LogP contribution in [0.25, 0.3) is 0 Å². The maximum Gasteiger partial charge on any atom is 0.0459 e. The largest absolute Gasteiger partial charge is 0.396 e. The van der Waals surface area contributed by atoms with Gasteiger partial charge in [0.15, 0.2) is 0 Å². The Morgan fingerprint density at radius 3 is 2.60 bits per heavy atom. The fourth-order valence-electron chi connectivity index (χ4n) is 1.94. The number of hydrogen-bond donors (Lipinski definition) is 1. The predicted octanol–water partition coefficient (Wildman–Crippen LogP) is 2.20. The first-order valence-electron chi connectivity index (χ1n) is 4.47. The molecule has 0 spiro atoms. The van der Waals surface area contributed by atoms with Gasteiger partial charge in [-0.3, -0.25) is 0 Å². The molecular weight excluding hydrogens is 124 g/mol. The van der Waals surface area contributed by atoms with Gasteiger partial charge >= 0.3 is 0 Å². The summed E-state index contributed by atoms with van der Waals surface area (Å²) in [6.07, 6.45) is 6.56. The normalized spacial score (nSPS) is 34.2. The topological polar surface area (TPSA) is 20.2 Å². The molecule has 0 aromatic rings. The van der Waals surface area contributed by atoms with Crippen molar-refractivity contribution in [1.82, 2.24) is 0 Å². The summed E-state index contributed by atoms with van der Waals surface area (Å²) in [4.78, 5) is 0. The molecule has 0 heterocycles. The summed E-state index contributed by atoms with van der Waals surface area (Å²) in [5.41, 5.74) is 0. The molecule has 1 aliphatic carbocycles. The summed E-state index contributed by atoms with van der Waals surface area (Å²) >= 11 is 0. The van der Waals surface area contributed by atoms with Gasteiger partial charge in [0.05, 0.1) is 0 Å². The van der Waals surface area contributed by atoms with Crippen molar-refractivity contribution in [3.8, 4) is 0 Å². The van der Waals surface area contributed by atoms with Crippen LogP contribution >= 0.6 is 0 Å². The van der Waals surface area contributed by atoms with Crippen molar-refractivity contribution < 1.29 is 5.11 Å². The van der Waals surface area contributed by atoms with Crippen molar-refractivity contribution in [3.05, 3.63) is 0 Å². The Hall–Kier alpha value is -0.0400. The van der Waals surface area contributed by atoms with E-state index in [-0.39, 0.29) is 0 Å². The Balaban J connectivity index is 2.25. The van der Waals surface area contributed by atoms with E-state index in [9.17, 15) is 0 Å². The number of aliphatic hydroxyl groups is 1. The van der Waals surface area contributed by atoms with Gasteiger partial charge in [0.25, 0.3) is 0 Å². The lowest BCUT2D eigenvalue weighted by Crippen LogP contribution is -2.17. The molecule has 1 saturated carbocycles. The van der Waals surface area contributed by atoms with Crippen LogP contribution in [0.3, 0.4) is 0 Å². The summed E-state index contributed by atoms with van der Waals surface area (Å²) in [5.74, 6) is 1.53. The predicted molar refractivity (Wildman–Crippen MR) is 42.8 cm³/mol. The van der Waals surface area contributed by atoms with E-state index in [1.807, 2.05) is 0 Å². The van der Waals surface area contributed by atoms with Crippen LogP contribution in [0.5, 0.6) is 0 Å². The monoisotopic (exact) mass is 142 g/mol. The van der Waals surface area contributed by atoms with Gasteiger partial charge in [-0.15, -0.1) is 0 Å². The minimum absolute atomic E-state index is 0.413. The lowest BCUT2D eigenvalue weighted by atomic mass is 9.81. The van der Waals surface area contributed by atoms with Gasteiger partial charge in [0, 0.05) is 6.61 Å². The molecule has 1 rings (SSSR count). The molecule has 0 aromatic heterocycles. The minimum Gasteiger partial charge on any atom is -0.396 e. The van der Waals surface area contributed by atoms with E-state index in [0.29, 0.717) is 12.5 Å². The van der Waals surface area contributed by atoms with Crippen LogP contribution in [0, 0.1) is 11.8 Å². The van der Waals surface area contributed by atoms with E-state index in [0.717, 1.165) is 5.92 Å². The molecule has 0 saturated heterocycles. The maximum absolute atomic E-state index is 8.90. The molecular formula is C9H18O. The Kier molecular flexibility index (Phi) is 3.20. The Bertz CT molecular complexity index is 80.7. The first kappa shape index (κ1) is 8.06. The summed E-state index contributed by atoms with van der Waals surface area (Å²) in [5, 5.41) is 8.90. The van der Waals surface area contributed by atoms with Gasteiger partial charge in [0.2, 0.25) is 0 Å². The zero-order chi connectivity index (χ0) is 7.40. The van der Waals surface area contributed by atoms with Gasteiger partial charge in [-0.05, 0) is 24.7 Å². The quantitative estimate of drug-likeness (QED) is 0.626. The van der Waals surface area contributed by atoms with E-state index in [2.05, 4.69) is 6.92 Å². The van der Waals surface area contributed by atoms with Crippen molar-refractivity contribution in [2.45, 2.75) is 39.0 Å². The highest BCUT2D eigenvalue weighted by Crippen LogP contribution is 2.30. The summed E-state index contributed by atoms with van der Waals surface area (Å²) in [6.45, 7) is 2.67. The fourth-order valence-corrected chi connectivity index (χ4v) is 1.94. The SMILES string of the molecule is CCC1CCCC(CO)C1. The molecule has 1 heteroatoms. The number of rotatable bonds is 2. The smallest absolute Gasteiger partial charge is 0.0459 e. The second-order valence-corrected chi connectivity index (χ2v) is 3.49. The first-order valence-corrected chi connectivity index (χ1v) is 4.47. The number of aliphatic hydroxyl groups excluding tert-OH is 1. The molecule has 0 bridgehead atoms. The molecule has 0 aliphatic heterocycles. The standard InChI is InChI=1S/C9H18O/c1-2-8-4-3-5-9(6-8)7-10/h8-10H,2-7H2,1H3. The maximum atomic E-state index is 8.90. The van der Waals surface area contributed by atoms with E-state index in [1.165, 1.54) is 32.1 Å². The molecule has 2 unspecified atom stereocenters. The summed E-state index contributed by atoms with van der Waals surface area (Å²) < 4.78 is 0. The van der Waals surface area contributed by atoms with Crippen molar-refractivity contribution in [1.29, 1.82) is 0 Å². The highest BCUT2D eigenvalue weighted by atomic mass is 16.3. The number of hydrogen-bond acceptors (Lipinski definition) is 1. The fraction of sp³-hybridized carbons (Fsp3) is 1.00. The molecule has 1 nitrogen and oxygen atoms in total. The Morgan fingerprint density at radius 2 is 2.00 bits per heavy atom. The second kappa shape index (κ2) is 3.97. The van der Waals surface area contributed by atoms with Crippen LogP contribution < -0.4 is 0 Å². The van der Waals surface area contributed by atoms with E-state index >= 15 is 0 Å². The second-order valence-electron chi connectivity index (χ2n) is 3.49. The third-order valence-electron chi connectivity index (χ3n) is 2.73. The van der Waals surface area contributed by atoms with Crippen molar-refractivity contribution >= 4 is 0 Å². The van der Waals surface area contributed by atoms with Crippen LogP contribution in [0.2, 0.25) is 0 Å². The average molecular weight is 142 g/mol. The molecule has 10 heavy (non-hydrogen) atoms. The van der Waals surface area contributed by atoms with Crippen LogP contribution in [0.1, 0.15) is 39.0 Å². The summed E-state index contributed by atoms with van der Waals surface area (Å²) in [7, 11) is 0. The highest BCUT2D eigenvalue weighted by molar-refractivity contribution is 4.71. The Labute approximate surface area is 63.4 Å². The van der Waals surface area contributed by atoms with Crippen molar-refractivity contribution in [2.24, 2.45) is 11.8 Å². The molecule has 0 amide bonds. The van der Waals surface area contributed by atoms with Crippen LogP contribution in [0.4, 0.5) is 0 Å². The van der Waals surface area contributed by atoms with Crippen molar-refractivity contribution in [2.75, 3.05) is 6.61 Å². The minimum atomic E-state index is 0.413. The zero-order valence-corrected chi connectivity index (χ0v) is 6.84. The Morgan fingerprint density at radius 1 is 1.30 bits per heavy atom. The molecule has 1 aliphatic rings. The average Bonchev–Trinajstić information content (AvgIpc) is 2.05. The molecule has 0 aromatic carbocycles. The molecule has 1 fully saturated rings. The van der Waals surface area contributed by atoms with Gasteiger partial charge in [-0.25, -0.2) is 0 Å². The van der Waals surface area contributed by atoms with Crippen LogP contribution in [-0.2, 0) is 0 Å². The molecule has 1 N–H and O–H groups in total. The third-order valence-corrected chi connectivity index (χ3v) is 2.73. The lowest BCUT2D eigenvalue weighted by Gasteiger charge is -2.26. The molecule has 60 valence electrons. The lowest BCUT2D eigenvalue weighted by molar-refractivity contribution is 0.159. The van der Waals surface area contributed by atoms with Gasteiger partial charge in [-0.1, -0.05) is 26.2 Å². The van der Waals surface area contributed by atoms with Gasteiger partial charge < -0.3 is 5.11 Å². The zero-order valence-electron chi connectivity index (χ0n) is 6.84. The van der Waals surface area contributed by atoms with Gasteiger partial charge in [0.1, 0.15) is 0 Å². The highest BCUT2D eigenvalue weighted by Gasteiger charge is 2.19. The first-order chi connectivity index (χ1) is 4.86. The van der Waals surface area contributed by atoms with E-state index in [4.69, 9.17) is 5.11 Å². The van der Waals surface area contributed by atoms with Crippen LogP contribution in [0.15, 0.2) is 0 Å². The molecule has 0 radical (unpaired) electrons. The third kappa shape index (κ3) is 1.98. The summed E-state index contributed by atoms with van der Waals surface area (Å²) in [6, 6.07) is 0. The van der Waals surface area contributed by atoms with E-state index < -0.39 is 0 Å². The van der Waals surface area contributed by atoms with Crippen LogP contribution in [-0.4, -0.2) is 11.7 Å². The van der Waals surface area contributed by atoms with Crippen molar-refractivity contribution in [3.63, 3.8) is 0 Å².